The molecule has 3 amide bonds. The second-order valence-electron chi connectivity index (χ2n) is 4.83. The number of hydrogen-bond donors (Lipinski definition) is 2. The minimum atomic E-state index is -0.854. The van der Waals surface area contributed by atoms with Gasteiger partial charge in [-0.2, -0.15) is 0 Å². The zero-order chi connectivity index (χ0) is 14.4. The molecule has 0 aromatic heterocycles. The van der Waals surface area contributed by atoms with E-state index in [-0.39, 0.29) is 24.4 Å². The predicted molar refractivity (Wildman–Crippen MR) is 68.7 cm³/mol. The van der Waals surface area contributed by atoms with Gasteiger partial charge in [-0.1, -0.05) is 0 Å². The van der Waals surface area contributed by atoms with Crippen molar-refractivity contribution in [2.24, 2.45) is 0 Å². The molecule has 108 valence electrons. The van der Waals surface area contributed by atoms with E-state index in [9.17, 15) is 14.4 Å². The van der Waals surface area contributed by atoms with Crippen LogP contribution >= 0.6 is 0 Å². The fourth-order valence-corrected chi connectivity index (χ4v) is 2.14. The van der Waals surface area contributed by atoms with Crippen molar-refractivity contribution in [3.63, 3.8) is 0 Å². The molecule has 2 N–H and O–H groups in total. The van der Waals surface area contributed by atoms with Crippen molar-refractivity contribution in [1.29, 1.82) is 0 Å². The number of hydrogen-bond acceptors (Lipinski definition) is 3. The van der Waals surface area contributed by atoms with E-state index in [4.69, 9.17) is 5.11 Å². The third kappa shape index (κ3) is 5.15. The van der Waals surface area contributed by atoms with Crippen LogP contribution in [-0.2, 0) is 9.59 Å². The summed E-state index contributed by atoms with van der Waals surface area (Å²) < 4.78 is 0. The van der Waals surface area contributed by atoms with Crippen LogP contribution in [0.2, 0.25) is 0 Å². The molecule has 0 spiro atoms. The fourth-order valence-electron chi connectivity index (χ4n) is 2.14. The lowest BCUT2D eigenvalue weighted by Gasteiger charge is -2.24. The average Bonchev–Trinajstić information content (AvgIpc) is 2.74. The summed E-state index contributed by atoms with van der Waals surface area (Å²) in [5, 5.41) is 11.3. The molecule has 0 bridgehead atoms. The summed E-state index contributed by atoms with van der Waals surface area (Å²) in [7, 11) is 1.66. The molecular weight excluding hydrogens is 250 g/mol. The highest BCUT2D eigenvalue weighted by molar-refractivity contribution is 5.76. The zero-order valence-electron chi connectivity index (χ0n) is 11.4. The Hall–Kier alpha value is -1.79. The van der Waals surface area contributed by atoms with E-state index in [0.29, 0.717) is 26.1 Å². The first-order valence-corrected chi connectivity index (χ1v) is 6.39. The molecule has 1 heterocycles. The standard InChI is InChI=1S/C12H21N3O4/c1-9(16)13-10-5-7-15(8-10)12(19)14(2)6-3-4-11(17)18/h10H,3-8H2,1-2H3,(H,13,16)(H,17,18). The Labute approximate surface area is 112 Å². The van der Waals surface area contributed by atoms with Crippen LogP contribution < -0.4 is 5.32 Å². The van der Waals surface area contributed by atoms with Gasteiger partial charge in [0.15, 0.2) is 0 Å². The van der Waals surface area contributed by atoms with Crippen molar-refractivity contribution in [3.05, 3.63) is 0 Å². The average molecular weight is 271 g/mol. The third-order valence-electron chi connectivity index (χ3n) is 3.08. The summed E-state index contributed by atoms with van der Waals surface area (Å²) in [5.41, 5.74) is 0. The van der Waals surface area contributed by atoms with Crippen molar-refractivity contribution in [3.8, 4) is 0 Å². The highest BCUT2D eigenvalue weighted by Gasteiger charge is 2.28. The van der Waals surface area contributed by atoms with E-state index in [1.165, 1.54) is 11.8 Å². The maximum Gasteiger partial charge on any atom is 0.319 e. The monoisotopic (exact) mass is 271 g/mol. The van der Waals surface area contributed by atoms with E-state index in [1.54, 1.807) is 11.9 Å². The minimum Gasteiger partial charge on any atom is -0.481 e. The van der Waals surface area contributed by atoms with E-state index in [1.807, 2.05) is 0 Å². The molecule has 1 saturated heterocycles. The Morgan fingerprint density at radius 2 is 2.11 bits per heavy atom. The Balaban J connectivity index is 2.33. The van der Waals surface area contributed by atoms with Crippen molar-refractivity contribution >= 4 is 17.9 Å². The van der Waals surface area contributed by atoms with Crippen molar-refractivity contribution in [1.82, 2.24) is 15.1 Å². The van der Waals surface area contributed by atoms with Gasteiger partial charge in [-0.3, -0.25) is 9.59 Å². The quantitative estimate of drug-likeness (QED) is 0.743. The molecule has 1 aliphatic heterocycles. The molecule has 0 aromatic carbocycles. The summed E-state index contributed by atoms with van der Waals surface area (Å²) in [6.45, 7) is 3.02. The molecule has 7 nitrogen and oxygen atoms in total. The molecule has 0 radical (unpaired) electrons. The zero-order valence-corrected chi connectivity index (χ0v) is 11.4. The van der Waals surface area contributed by atoms with Crippen LogP contribution in [0.4, 0.5) is 4.79 Å². The van der Waals surface area contributed by atoms with Gasteiger partial charge in [0.05, 0.1) is 0 Å². The van der Waals surface area contributed by atoms with E-state index in [0.717, 1.165) is 6.42 Å². The maximum absolute atomic E-state index is 12.0. The van der Waals surface area contributed by atoms with Crippen LogP contribution in [0.3, 0.4) is 0 Å². The van der Waals surface area contributed by atoms with Crippen LogP contribution in [-0.4, -0.2) is 65.5 Å². The Kier molecular flexibility index (Phi) is 5.59. The fraction of sp³-hybridized carbons (Fsp3) is 0.750. The van der Waals surface area contributed by atoms with Crippen LogP contribution in [0.15, 0.2) is 0 Å². The van der Waals surface area contributed by atoms with Gasteiger partial charge in [0.25, 0.3) is 0 Å². The Morgan fingerprint density at radius 3 is 2.68 bits per heavy atom. The summed E-state index contributed by atoms with van der Waals surface area (Å²) >= 11 is 0. The molecule has 1 fully saturated rings. The second kappa shape index (κ2) is 6.96. The molecule has 7 heteroatoms. The maximum atomic E-state index is 12.0. The molecule has 0 aliphatic carbocycles. The molecule has 0 aromatic rings. The van der Waals surface area contributed by atoms with Crippen molar-refractivity contribution < 1.29 is 19.5 Å². The van der Waals surface area contributed by atoms with Gasteiger partial charge in [-0.05, 0) is 12.8 Å². The third-order valence-corrected chi connectivity index (χ3v) is 3.08. The summed E-state index contributed by atoms with van der Waals surface area (Å²) in [4.78, 5) is 36.6. The molecule has 19 heavy (non-hydrogen) atoms. The molecule has 1 rings (SSSR count). The first kappa shape index (κ1) is 15.3. The number of carboxylic acids is 1. The molecule has 1 unspecified atom stereocenters. The molecule has 1 aliphatic rings. The van der Waals surface area contributed by atoms with Gasteiger partial charge in [0.2, 0.25) is 5.91 Å². The van der Waals surface area contributed by atoms with E-state index < -0.39 is 5.97 Å². The van der Waals surface area contributed by atoms with Gasteiger partial charge in [0, 0.05) is 46.1 Å². The van der Waals surface area contributed by atoms with E-state index >= 15 is 0 Å². The topological polar surface area (TPSA) is 90.0 Å². The molecular formula is C12H21N3O4. The number of likely N-dealkylation sites (tertiary alicyclic amines) is 1. The van der Waals surface area contributed by atoms with Crippen molar-refractivity contribution in [2.75, 3.05) is 26.7 Å². The van der Waals surface area contributed by atoms with Gasteiger partial charge >= 0.3 is 12.0 Å². The highest BCUT2D eigenvalue weighted by Crippen LogP contribution is 2.11. The van der Waals surface area contributed by atoms with Gasteiger partial charge in [-0.15, -0.1) is 0 Å². The molecule has 0 saturated carbocycles. The number of carbonyl (C=O) groups is 3. The number of carbonyl (C=O) groups excluding carboxylic acids is 2. The number of rotatable bonds is 5. The predicted octanol–water partition coefficient (Wildman–Crippen LogP) is 0.113. The number of nitrogens with zero attached hydrogens (tertiary/aromatic N) is 2. The van der Waals surface area contributed by atoms with E-state index in [2.05, 4.69) is 5.32 Å². The SMILES string of the molecule is CC(=O)NC1CCN(C(=O)N(C)CCCC(=O)O)C1. The Morgan fingerprint density at radius 1 is 1.42 bits per heavy atom. The first-order valence-electron chi connectivity index (χ1n) is 6.39. The van der Waals surface area contributed by atoms with Crippen LogP contribution in [0.1, 0.15) is 26.2 Å². The normalized spacial score (nSPS) is 18.2. The van der Waals surface area contributed by atoms with Gasteiger partial charge < -0.3 is 20.2 Å². The summed E-state index contributed by atoms with van der Waals surface area (Å²) in [6.07, 6.45) is 1.26. The number of nitrogens with one attached hydrogen (secondary N) is 1. The van der Waals surface area contributed by atoms with Gasteiger partial charge in [0.1, 0.15) is 0 Å². The van der Waals surface area contributed by atoms with Crippen molar-refractivity contribution in [2.45, 2.75) is 32.2 Å². The van der Waals surface area contributed by atoms with Gasteiger partial charge in [-0.25, -0.2) is 4.79 Å². The number of urea groups is 1. The first-order chi connectivity index (χ1) is 8.90. The largest absolute Gasteiger partial charge is 0.481 e. The number of amides is 3. The smallest absolute Gasteiger partial charge is 0.319 e. The Bertz CT molecular complexity index is 359. The lowest BCUT2D eigenvalue weighted by Crippen LogP contribution is -2.42. The highest BCUT2D eigenvalue weighted by atomic mass is 16.4. The lowest BCUT2D eigenvalue weighted by atomic mass is 10.3. The summed E-state index contributed by atoms with van der Waals surface area (Å²) in [5.74, 6) is -0.943. The van der Waals surface area contributed by atoms with Crippen LogP contribution in [0, 0.1) is 0 Å². The lowest BCUT2D eigenvalue weighted by molar-refractivity contribution is -0.137. The summed E-state index contributed by atoms with van der Waals surface area (Å²) in [6, 6.07) is -0.0906. The second-order valence-corrected chi connectivity index (χ2v) is 4.83. The van der Waals surface area contributed by atoms with Crippen LogP contribution in [0.25, 0.3) is 0 Å². The minimum absolute atomic E-state index is 0.0221. The molecule has 1 atom stereocenters. The number of aliphatic carboxylic acids is 1. The number of carboxylic acid groups (broad SMARTS) is 1. The van der Waals surface area contributed by atoms with Crippen LogP contribution in [0.5, 0.6) is 0 Å².